The molecule has 0 saturated heterocycles. The van der Waals surface area contributed by atoms with E-state index in [-0.39, 0.29) is 12.2 Å². The van der Waals surface area contributed by atoms with Gasteiger partial charge in [-0.05, 0) is 34.5 Å². The number of hydrogen-bond acceptors (Lipinski definition) is 4. The molecular formula is C11H14BrNO3. The Morgan fingerprint density at radius 3 is 2.94 bits per heavy atom. The largest absolute Gasteiger partial charge is 0.506 e. The van der Waals surface area contributed by atoms with Crippen molar-refractivity contribution in [2.75, 3.05) is 6.61 Å². The summed E-state index contributed by atoms with van der Waals surface area (Å²) in [6.45, 7) is 2.03. The number of hydrogen-bond donors (Lipinski definition) is 2. The highest BCUT2D eigenvalue weighted by Gasteiger charge is 2.17. The molecule has 1 rings (SSSR count). The van der Waals surface area contributed by atoms with E-state index in [9.17, 15) is 9.90 Å². The average Bonchev–Trinajstić information content (AvgIpc) is 2.25. The molecule has 16 heavy (non-hydrogen) atoms. The molecular weight excluding hydrogens is 274 g/mol. The van der Waals surface area contributed by atoms with Crippen LogP contribution >= 0.6 is 15.9 Å². The summed E-state index contributed by atoms with van der Waals surface area (Å²) in [6, 6.07) is 4.46. The molecule has 0 amide bonds. The Kier molecular flexibility index (Phi) is 4.76. The summed E-state index contributed by atoms with van der Waals surface area (Å²) < 4.78 is 5.37. The normalized spacial score (nSPS) is 12.2. The molecule has 1 unspecified atom stereocenters. The second-order valence-electron chi connectivity index (χ2n) is 3.31. The molecule has 0 heterocycles. The fourth-order valence-electron chi connectivity index (χ4n) is 1.29. The topological polar surface area (TPSA) is 72.5 Å². The Balaban J connectivity index is 2.73. The SMILES string of the molecule is CCOC(=O)C(N)Cc1cccc(Br)c1O. The van der Waals surface area contributed by atoms with Gasteiger partial charge in [-0.3, -0.25) is 4.79 Å². The lowest BCUT2D eigenvalue weighted by Gasteiger charge is -2.12. The van der Waals surface area contributed by atoms with Crippen LogP contribution < -0.4 is 5.73 Å². The van der Waals surface area contributed by atoms with E-state index >= 15 is 0 Å². The van der Waals surface area contributed by atoms with Gasteiger partial charge in [-0.2, -0.15) is 0 Å². The van der Waals surface area contributed by atoms with Gasteiger partial charge in [-0.1, -0.05) is 12.1 Å². The molecule has 0 radical (unpaired) electrons. The number of para-hydroxylation sites is 1. The second kappa shape index (κ2) is 5.86. The highest BCUT2D eigenvalue weighted by atomic mass is 79.9. The predicted molar refractivity (Wildman–Crippen MR) is 64.1 cm³/mol. The summed E-state index contributed by atoms with van der Waals surface area (Å²) in [6.07, 6.45) is 0.254. The average molecular weight is 288 g/mol. The number of nitrogens with two attached hydrogens (primary N) is 1. The maximum Gasteiger partial charge on any atom is 0.323 e. The summed E-state index contributed by atoms with van der Waals surface area (Å²) in [5, 5.41) is 9.70. The van der Waals surface area contributed by atoms with E-state index in [2.05, 4.69) is 15.9 Å². The zero-order valence-corrected chi connectivity index (χ0v) is 10.5. The number of phenols is 1. The third-order valence-corrected chi connectivity index (χ3v) is 2.74. The molecule has 88 valence electrons. The maximum atomic E-state index is 11.3. The number of ether oxygens (including phenoxy) is 1. The Morgan fingerprint density at radius 2 is 2.31 bits per heavy atom. The molecule has 4 nitrogen and oxygen atoms in total. The van der Waals surface area contributed by atoms with Crippen LogP contribution in [0.4, 0.5) is 0 Å². The monoisotopic (exact) mass is 287 g/mol. The number of halogens is 1. The molecule has 5 heteroatoms. The standard InChI is InChI=1S/C11H14BrNO3/c1-2-16-11(15)9(13)6-7-4-3-5-8(12)10(7)14/h3-5,9,14H,2,6,13H2,1H3. The minimum absolute atomic E-state index is 0.113. The number of esters is 1. The molecule has 0 aliphatic heterocycles. The van der Waals surface area contributed by atoms with Crippen molar-refractivity contribution in [2.24, 2.45) is 5.73 Å². The Morgan fingerprint density at radius 1 is 1.62 bits per heavy atom. The minimum atomic E-state index is -0.750. The lowest BCUT2D eigenvalue weighted by atomic mass is 10.1. The van der Waals surface area contributed by atoms with E-state index in [1.54, 1.807) is 25.1 Å². The summed E-state index contributed by atoms with van der Waals surface area (Å²) >= 11 is 3.20. The van der Waals surface area contributed by atoms with Crippen molar-refractivity contribution in [3.63, 3.8) is 0 Å². The summed E-state index contributed by atoms with van der Waals surface area (Å²) in [7, 11) is 0. The molecule has 1 aromatic rings. The number of aromatic hydroxyl groups is 1. The van der Waals surface area contributed by atoms with Crippen molar-refractivity contribution >= 4 is 21.9 Å². The van der Waals surface area contributed by atoms with E-state index in [1.165, 1.54) is 0 Å². The van der Waals surface area contributed by atoms with Crippen LogP contribution in [0.2, 0.25) is 0 Å². The second-order valence-corrected chi connectivity index (χ2v) is 4.16. The van der Waals surface area contributed by atoms with E-state index in [1.807, 2.05) is 0 Å². The molecule has 0 fully saturated rings. The van der Waals surface area contributed by atoms with Gasteiger partial charge in [-0.25, -0.2) is 0 Å². The van der Waals surface area contributed by atoms with Crippen LogP contribution in [0.3, 0.4) is 0 Å². The highest BCUT2D eigenvalue weighted by molar-refractivity contribution is 9.10. The van der Waals surface area contributed by atoms with Gasteiger partial charge in [0.2, 0.25) is 0 Å². The van der Waals surface area contributed by atoms with Gasteiger partial charge < -0.3 is 15.6 Å². The maximum absolute atomic E-state index is 11.3. The molecule has 0 bridgehead atoms. The third-order valence-electron chi connectivity index (χ3n) is 2.10. The van der Waals surface area contributed by atoms with Crippen LogP contribution in [-0.4, -0.2) is 23.7 Å². The number of carbonyl (C=O) groups excluding carboxylic acids is 1. The summed E-state index contributed by atoms with van der Waals surface area (Å²) in [4.78, 5) is 11.3. The van der Waals surface area contributed by atoms with Crippen LogP contribution in [0.25, 0.3) is 0 Å². The fraction of sp³-hybridized carbons (Fsp3) is 0.364. The first-order chi connectivity index (χ1) is 7.56. The van der Waals surface area contributed by atoms with E-state index in [0.717, 1.165) is 0 Å². The Labute approximate surface area is 103 Å². The fourth-order valence-corrected chi connectivity index (χ4v) is 1.70. The van der Waals surface area contributed by atoms with Crippen molar-refractivity contribution in [1.29, 1.82) is 0 Å². The van der Waals surface area contributed by atoms with E-state index in [4.69, 9.17) is 10.5 Å². The number of rotatable bonds is 4. The van der Waals surface area contributed by atoms with Crippen LogP contribution in [-0.2, 0) is 16.0 Å². The van der Waals surface area contributed by atoms with Gasteiger partial charge in [-0.15, -0.1) is 0 Å². The van der Waals surface area contributed by atoms with Crippen LogP contribution in [0.5, 0.6) is 5.75 Å². The third kappa shape index (κ3) is 3.21. The molecule has 0 saturated carbocycles. The minimum Gasteiger partial charge on any atom is -0.506 e. The first-order valence-electron chi connectivity index (χ1n) is 4.94. The van der Waals surface area contributed by atoms with Gasteiger partial charge in [0.1, 0.15) is 11.8 Å². The van der Waals surface area contributed by atoms with Crippen molar-refractivity contribution < 1.29 is 14.6 Å². The van der Waals surface area contributed by atoms with Crippen molar-refractivity contribution in [2.45, 2.75) is 19.4 Å². The van der Waals surface area contributed by atoms with Gasteiger partial charge in [0, 0.05) is 6.42 Å². The molecule has 1 aromatic carbocycles. The molecule has 0 aliphatic carbocycles. The van der Waals surface area contributed by atoms with Crippen molar-refractivity contribution in [1.82, 2.24) is 0 Å². The number of benzene rings is 1. The lowest BCUT2D eigenvalue weighted by molar-refractivity contribution is -0.144. The van der Waals surface area contributed by atoms with E-state index < -0.39 is 12.0 Å². The van der Waals surface area contributed by atoms with Gasteiger partial charge in [0.15, 0.2) is 0 Å². The Hall–Kier alpha value is -1.07. The first kappa shape index (κ1) is 13.0. The van der Waals surface area contributed by atoms with Crippen LogP contribution in [0, 0.1) is 0 Å². The molecule has 0 aromatic heterocycles. The van der Waals surface area contributed by atoms with Crippen LogP contribution in [0.15, 0.2) is 22.7 Å². The number of phenolic OH excluding ortho intramolecular Hbond substituents is 1. The lowest BCUT2D eigenvalue weighted by Crippen LogP contribution is -2.34. The predicted octanol–water partition coefficient (Wildman–Crippen LogP) is 1.59. The van der Waals surface area contributed by atoms with E-state index in [0.29, 0.717) is 16.6 Å². The first-order valence-corrected chi connectivity index (χ1v) is 5.74. The zero-order valence-electron chi connectivity index (χ0n) is 8.94. The molecule has 0 aliphatic rings. The van der Waals surface area contributed by atoms with Gasteiger partial charge >= 0.3 is 5.97 Å². The van der Waals surface area contributed by atoms with Gasteiger partial charge in [0.05, 0.1) is 11.1 Å². The number of carbonyl (C=O) groups is 1. The summed E-state index contributed by atoms with van der Waals surface area (Å²) in [5.41, 5.74) is 6.27. The molecule has 3 N–H and O–H groups in total. The summed E-state index contributed by atoms with van der Waals surface area (Å²) in [5.74, 6) is -0.343. The smallest absolute Gasteiger partial charge is 0.323 e. The quantitative estimate of drug-likeness (QED) is 0.825. The molecule has 1 atom stereocenters. The van der Waals surface area contributed by atoms with Gasteiger partial charge in [0.25, 0.3) is 0 Å². The Bertz CT molecular complexity index is 381. The zero-order chi connectivity index (χ0) is 12.1. The van der Waals surface area contributed by atoms with Crippen molar-refractivity contribution in [3.8, 4) is 5.75 Å². The van der Waals surface area contributed by atoms with Crippen LogP contribution in [0.1, 0.15) is 12.5 Å². The molecule has 0 spiro atoms. The van der Waals surface area contributed by atoms with Crippen molar-refractivity contribution in [3.05, 3.63) is 28.2 Å². The highest BCUT2D eigenvalue weighted by Crippen LogP contribution is 2.28.